The van der Waals surface area contributed by atoms with Gasteiger partial charge in [-0.1, -0.05) is 12.8 Å². The third kappa shape index (κ3) is 3.01. The van der Waals surface area contributed by atoms with Gasteiger partial charge in [0, 0.05) is 24.6 Å². The fraction of sp³-hybridized carbons (Fsp3) is 0.900. The lowest BCUT2D eigenvalue weighted by atomic mass is 10.3. The maximum atomic E-state index is 5.55. The number of hydrogen-bond acceptors (Lipinski definition) is 3. The van der Waals surface area contributed by atoms with Crippen LogP contribution in [-0.2, 0) is 0 Å². The summed E-state index contributed by atoms with van der Waals surface area (Å²) in [4.78, 5) is 6.99. The van der Waals surface area contributed by atoms with Crippen molar-refractivity contribution in [2.75, 3.05) is 24.6 Å². The third-order valence-electron chi connectivity index (χ3n) is 3.07. The highest BCUT2D eigenvalue weighted by Crippen LogP contribution is 2.21. The zero-order valence-corrected chi connectivity index (χ0v) is 9.93. The zero-order valence-electron chi connectivity index (χ0n) is 9.11. The number of guanidine groups is 1. The maximum absolute atomic E-state index is 5.55. The normalized spacial score (nSPS) is 24.6. The van der Waals surface area contributed by atoms with Gasteiger partial charge in [0.15, 0.2) is 0 Å². The molecular weight excluding hydrogens is 208 g/mol. The molecule has 5 heteroatoms. The Balaban J connectivity index is 1.94. The number of rotatable bonds is 1. The smallest absolute Gasteiger partial charge is 0.208 e. The number of hydrazine groups is 1. The Bertz CT molecular complexity index is 219. The number of nitrogens with two attached hydrogens (primary N) is 1. The van der Waals surface area contributed by atoms with Crippen LogP contribution in [0.1, 0.15) is 25.7 Å². The minimum absolute atomic E-state index is 0.505. The van der Waals surface area contributed by atoms with Crippen LogP contribution in [0, 0.1) is 0 Å². The molecule has 2 aliphatic rings. The van der Waals surface area contributed by atoms with E-state index in [0.29, 0.717) is 6.04 Å². The average Bonchev–Trinajstić information content (AvgIpc) is 2.80. The quantitative estimate of drug-likeness (QED) is 0.302. The number of hydrogen-bond donors (Lipinski definition) is 2. The Morgan fingerprint density at radius 3 is 2.53 bits per heavy atom. The molecule has 0 aromatic carbocycles. The van der Waals surface area contributed by atoms with Crippen LogP contribution in [0.15, 0.2) is 4.99 Å². The lowest BCUT2D eigenvalue weighted by molar-refractivity contribution is 0.439. The Hall–Kier alpha value is -0.420. The Morgan fingerprint density at radius 2 is 1.93 bits per heavy atom. The SMILES string of the molecule is NNC(=NC1CCCC1)N1CCSCC1. The Labute approximate surface area is 95.7 Å². The van der Waals surface area contributed by atoms with E-state index in [1.807, 2.05) is 11.8 Å². The number of aliphatic imine (C=N–C) groups is 1. The molecule has 1 aliphatic carbocycles. The van der Waals surface area contributed by atoms with E-state index in [2.05, 4.69) is 10.3 Å². The standard InChI is InChI=1S/C10H20N4S/c11-13-10(12-9-3-1-2-4-9)14-5-7-15-8-6-14/h9H,1-8,11H2,(H,12,13). The van der Waals surface area contributed by atoms with Gasteiger partial charge in [0.25, 0.3) is 0 Å². The second-order valence-electron chi connectivity index (χ2n) is 4.13. The molecule has 0 atom stereocenters. The molecule has 4 nitrogen and oxygen atoms in total. The maximum Gasteiger partial charge on any atom is 0.208 e. The van der Waals surface area contributed by atoms with Gasteiger partial charge >= 0.3 is 0 Å². The number of thioether (sulfide) groups is 1. The largest absolute Gasteiger partial charge is 0.340 e. The molecule has 2 fully saturated rings. The molecule has 0 amide bonds. The summed E-state index contributed by atoms with van der Waals surface area (Å²) in [5.74, 6) is 8.83. The summed E-state index contributed by atoms with van der Waals surface area (Å²) >= 11 is 2.00. The number of nitrogens with zero attached hydrogens (tertiary/aromatic N) is 2. The molecule has 1 aliphatic heterocycles. The minimum Gasteiger partial charge on any atom is -0.340 e. The van der Waals surface area contributed by atoms with Crippen molar-refractivity contribution in [3.63, 3.8) is 0 Å². The van der Waals surface area contributed by atoms with E-state index < -0.39 is 0 Å². The zero-order chi connectivity index (χ0) is 10.5. The van der Waals surface area contributed by atoms with E-state index in [0.717, 1.165) is 19.0 Å². The predicted octanol–water partition coefficient (Wildman–Crippen LogP) is 0.797. The summed E-state index contributed by atoms with van der Waals surface area (Å²) < 4.78 is 0. The van der Waals surface area contributed by atoms with Gasteiger partial charge in [0.1, 0.15) is 0 Å². The van der Waals surface area contributed by atoms with E-state index in [1.165, 1.54) is 37.2 Å². The van der Waals surface area contributed by atoms with Gasteiger partial charge in [-0.15, -0.1) is 0 Å². The first-order chi connectivity index (χ1) is 7.40. The van der Waals surface area contributed by atoms with Crippen molar-refractivity contribution >= 4 is 17.7 Å². The van der Waals surface area contributed by atoms with Crippen LogP contribution in [0.2, 0.25) is 0 Å². The molecule has 1 saturated heterocycles. The van der Waals surface area contributed by atoms with Crippen molar-refractivity contribution in [1.82, 2.24) is 10.3 Å². The van der Waals surface area contributed by atoms with Crippen LogP contribution in [0.3, 0.4) is 0 Å². The van der Waals surface area contributed by atoms with Gasteiger partial charge in [0.2, 0.25) is 5.96 Å². The summed E-state index contributed by atoms with van der Waals surface area (Å²) in [6.45, 7) is 2.14. The molecule has 1 saturated carbocycles. The summed E-state index contributed by atoms with van der Waals surface area (Å²) in [7, 11) is 0. The van der Waals surface area contributed by atoms with Crippen molar-refractivity contribution in [1.29, 1.82) is 0 Å². The molecule has 0 bridgehead atoms. The second kappa shape index (κ2) is 5.61. The summed E-state index contributed by atoms with van der Waals surface area (Å²) in [6.07, 6.45) is 5.10. The second-order valence-corrected chi connectivity index (χ2v) is 5.36. The van der Waals surface area contributed by atoms with Crippen LogP contribution in [0.5, 0.6) is 0 Å². The lowest BCUT2D eigenvalue weighted by Gasteiger charge is -2.29. The predicted molar refractivity (Wildman–Crippen MR) is 65.9 cm³/mol. The summed E-state index contributed by atoms with van der Waals surface area (Å²) in [5.41, 5.74) is 2.77. The van der Waals surface area contributed by atoms with Crippen molar-refractivity contribution in [3.8, 4) is 0 Å². The van der Waals surface area contributed by atoms with E-state index in [4.69, 9.17) is 10.8 Å². The van der Waals surface area contributed by atoms with E-state index >= 15 is 0 Å². The van der Waals surface area contributed by atoms with Crippen molar-refractivity contribution in [2.24, 2.45) is 10.8 Å². The first-order valence-electron chi connectivity index (χ1n) is 5.77. The lowest BCUT2D eigenvalue weighted by Crippen LogP contribution is -2.48. The van der Waals surface area contributed by atoms with E-state index in [-0.39, 0.29) is 0 Å². The highest BCUT2D eigenvalue weighted by atomic mass is 32.2. The molecule has 0 aromatic heterocycles. The molecule has 15 heavy (non-hydrogen) atoms. The molecule has 2 rings (SSSR count). The van der Waals surface area contributed by atoms with Gasteiger partial charge in [-0.05, 0) is 12.8 Å². The summed E-state index contributed by atoms with van der Waals surface area (Å²) in [5, 5.41) is 0. The van der Waals surface area contributed by atoms with Crippen LogP contribution >= 0.6 is 11.8 Å². The first-order valence-corrected chi connectivity index (χ1v) is 6.93. The van der Waals surface area contributed by atoms with Crippen molar-refractivity contribution in [3.05, 3.63) is 0 Å². The fourth-order valence-electron chi connectivity index (χ4n) is 2.19. The summed E-state index contributed by atoms with van der Waals surface area (Å²) in [6, 6.07) is 0.505. The molecule has 0 spiro atoms. The highest BCUT2D eigenvalue weighted by Gasteiger charge is 2.18. The topological polar surface area (TPSA) is 53.6 Å². The van der Waals surface area contributed by atoms with Crippen LogP contribution < -0.4 is 11.3 Å². The Kier molecular flexibility index (Phi) is 4.14. The van der Waals surface area contributed by atoms with Crippen molar-refractivity contribution < 1.29 is 0 Å². The van der Waals surface area contributed by atoms with Gasteiger partial charge in [-0.25, -0.2) is 10.8 Å². The molecule has 3 N–H and O–H groups in total. The van der Waals surface area contributed by atoms with Gasteiger partial charge in [0.05, 0.1) is 6.04 Å². The third-order valence-corrected chi connectivity index (χ3v) is 4.01. The molecule has 0 aromatic rings. The van der Waals surface area contributed by atoms with Crippen LogP contribution in [0.4, 0.5) is 0 Å². The Morgan fingerprint density at radius 1 is 1.27 bits per heavy atom. The van der Waals surface area contributed by atoms with E-state index in [1.54, 1.807) is 0 Å². The molecule has 1 heterocycles. The van der Waals surface area contributed by atoms with Gasteiger partial charge in [-0.3, -0.25) is 5.43 Å². The molecule has 0 radical (unpaired) electrons. The first kappa shape index (κ1) is 11.1. The van der Waals surface area contributed by atoms with Crippen molar-refractivity contribution in [2.45, 2.75) is 31.7 Å². The molecular formula is C10H20N4S. The highest BCUT2D eigenvalue weighted by molar-refractivity contribution is 7.99. The van der Waals surface area contributed by atoms with Gasteiger partial charge < -0.3 is 4.90 Å². The molecule has 0 unspecified atom stereocenters. The monoisotopic (exact) mass is 228 g/mol. The number of nitrogens with one attached hydrogen (secondary N) is 1. The fourth-order valence-corrected chi connectivity index (χ4v) is 3.09. The average molecular weight is 228 g/mol. The van der Waals surface area contributed by atoms with Gasteiger partial charge in [-0.2, -0.15) is 11.8 Å². The van der Waals surface area contributed by atoms with Crippen LogP contribution in [-0.4, -0.2) is 41.5 Å². The van der Waals surface area contributed by atoms with E-state index in [9.17, 15) is 0 Å². The minimum atomic E-state index is 0.505. The van der Waals surface area contributed by atoms with Crippen LogP contribution in [0.25, 0.3) is 0 Å². The molecule has 86 valence electrons.